The summed E-state index contributed by atoms with van der Waals surface area (Å²) in [6, 6.07) is 0. The third-order valence-corrected chi connectivity index (χ3v) is 18.9. The Hall–Kier alpha value is -1.62. The summed E-state index contributed by atoms with van der Waals surface area (Å²) in [6.45, 7) is 40.4. The number of ether oxygens (including phenoxy) is 1. The van der Waals surface area contributed by atoms with Crippen LogP contribution in [0.15, 0.2) is 37.0 Å². The zero-order valence-corrected chi connectivity index (χ0v) is 33.1. The van der Waals surface area contributed by atoms with Gasteiger partial charge in [-0.15, -0.1) is 13.2 Å². The highest BCUT2D eigenvalue weighted by Gasteiger charge is 2.50. The molecule has 0 aliphatic heterocycles. The zero-order chi connectivity index (χ0) is 35.1. The molecule has 254 valence electrons. The summed E-state index contributed by atoms with van der Waals surface area (Å²) in [5.74, 6) is -1.34. The van der Waals surface area contributed by atoms with E-state index in [4.69, 9.17) is 13.6 Å². The largest absolute Gasteiger partial charge is 0.454 e. The molecule has 0 aromatic rings. The first kappa shape index (κ1) is 42.4. The molecule has 0 aliphatic rings. The predicted molar refractivity (Wildman–Crippen MR) is 190 cm³/mol. The average Bonchev–Trinajstić information content (AvgIpc) is 2.86. The minimum absolute atomic E-state index is 0.0301. The molecule has 0 fully saturated rings. The van der Waals surface area contributed by atoms with Gasteiger partial charge in [0, 0.05) is 17.8 Å². The van der Waals surface area contributed by atoms with Gasteiger partial charge in [-0.25, -0.2) is 0 Å². The summed E-state index contributed by atoms with van der Waals surface area (Å²) in [5, 5.41) is -0.185. The van der Waals surface area contributed by atoms with Crippen LogP contribution in [0.25, 0.3) is 0 Å². The molecule has 0 radical (unpaired) electrons. The second-order valence-electron chi connectivity index (χ2n) is 16.3. The maximum atomic E-state index is 14.5. The Morgan fingerprint density at radius 3 is 1.70 bits per heavy atom. The molecule has 44 heavy (non-hydrogen) atoms. The van der Waals surface area contributed by atoms with Crippen LogP contribution >= 0.6 is 0 Å². The topological polar surface area (TPSA) is 78.9 Å². The minimum atomic E-state index is -2.43. The lowest BCUT2D eigenvalue weighted by Gasteiger charge is -2.46. The molecule has 8 heteroatoms. The van der Waals surface area contributed by atoms with E-state index < -0.39 is 46.1 Å². The summed E-state index contributed by atoms with van der Waals surface area (Å²) in [4.78, 5) is 40.4. The van der Waals surface area contributed by atoms with Crippen LogP contribution in [0.2, 0.25) is 36.3 Å². The van der Waals surface area contributed by atoms with Crippen LogP contribution in [-0.2, 0) is 28.0 Å². The number of Topliss-reactive ketones (excluding diaryl/α,β-unsaturated/α-hetero) is 2. The molecule has 0 amide bonds. The molecule has 0 bridgehead atoms. The first-order chi connectivity index (χ1) is 19.7. The molecule has 6 nitrogen and oxygen atoms in total. The van der Waals surface area contributed by atoms with E-state index in [0.29, 0.717) is 12.8 Å². The van der Waals surface area contributed by atoms with Crippen LogP contribution in [0.3, 0.4) is 0 Å². The standard InChI is InChI=1S/C36H66O6Si2/c1-19-21-25(3)22-23-29(28(6)37)40-31(38)24-30(41-43(15,16)34(7,8)9)36(13,14)33(39)27(5)32(26(4)20-2)42-44(17,18)35(10,11)12/h19-20,22,26-27,29-30,32H,1-2,21,23-24H2,3-18H3/t26-,27+,29-,30-,32-/m0/s1. The van der Waals surface area contributed by atoms with Crippen molar-refractivity contribution in [3.63, 3.8) is 0 Å². The van der Waals surface area contributed by atoms with Gasteiger partial charge in [0.25, 0.3) is 0 Å². The van der Waals surface area contributed by atoms with Crippen molar-refractivity contribution in [1.29, 1.82) is 0 Å². The third kappa shape index (κ3) is 12.0. The second-order valence-corrected chi connectivity index (χ2v) is 25.8. The van der Waals surface area contributed by atoms with Crippen LogP contribution in [-0.4, -0.2) is 52.5 Å². The maximum absolute atomic E-state index is 14.5. The van der Waals surface area contributed by atoms with Crippen molar-refractivity contribution in [3.05, 3.63) is 37.0 Å². The van der Waals surface area contributed by atoms with Crippen LogP contribution in [0.1, 0.15) is 102 Å². The van der Waals surface area contributed by atoms with Crippen molar-refractivity contribution in [1.82, 2.24) is 0 Å². The van der Waals surface area contributed by atoms with E-state index in [1.54, 1.807) is 6.08 Å². The molecule has 0 aromatic heterocycles. The fourth-order valence-electron chi connectivity index (χ4n) is 4.46. The van der Waals surface area contributed by atoms with Crippen molar-refractivity contribution in [2.75, 3.05) is 0 Å². The summed E-state index contributed by atoms with van der Waals surface area (Å²) in [5.41, 5.74) is 0.00107. The smallest absolute Gasteiger partial charge is 0.309 e. The Kier molecular flexibility index (Phi) is 15.7. The molecule has 0 saturated carbocycles. The SMILES string of the molecule is C=CCC(C)=CC[C@H](OC(=O)C[C@H](O[Si](C)(C)C(C)(C)C)C(C)(C)C(=O)[C@H](C)[C@@H](O[Si](C)(C)C(C)(C)C)[C@@H](C)C=C)C(C)=O. The molecule has 0 saturated heterocycles. The van der Waals surface area contributed by atoms with Crippen molar-refractivity contribution < 1.29 is 28.0 Å². The Morgan fingerprint density at radius 1 is 0.818 bits per heavy atom. The lowest BCUT2D eigenvalue weighted by Crippen LogP contribution is -2.54. The quantitative estimate of drug-likeness (QED) is 0.0835. The Bertz CT molecular complexity index is 1040. The van der Waals surface area contributed by atoms with E-state index in [2.05, 4.69) is 80.9 Å². The summed E-state index contributed by atoms with van der Waals surface area (Å²) >= 11 is 0. The molecule has 0 rings (SSSR count). The van der Waals surface area contributed by atoms with Gasteiger partial charge in [-0.1, -0.05) is 93.0 Å². The first-order valence-electron chi connectivity index (χ1n) is 16.1. The van der Waals surface area contributed by atoms with Gasteiger partial charge in [-0.05, 0) is 62.5 Å². The number of carbonyl (C=O) groups is 3. The second kappa shape index (κ2) is 16.3. The molecule has 5 atom stereocenters. The lowest BCUT2D eigenvalue weighted by atomic mass is 9.73. The van der Waals surface area contributed by atoms with Gasteiger partial charge >= 0.3 is 5.97 Å². The van der Waals surface area contributed by atoms with Gasteiger partial charge in [-0.3, -0.25) is 14.4 Å². The van der Waals surface area contributed by atoms with E-state index in [1.165, 1.54) is 6.92 Å². The minimum Gasteiger partial charge on any atom is -0.454 e. The van der Waals surface area contributed by atoms with Gasteiger partial charge in [-0.2, -0.15) is 0 Å². The van der Waals surface area contributed by atoms with Gasteiger partial charge in [0.2, 0.25) is 0 Å². The molecule has 0 N–H and O–H groups in total. The number of hydrogen-bond acceptors (Lipinski definition) is 6. The van der Waals surface area contributed by atoms with Crippen molar-refractivity contribution in [2.24, 2.45) is 17.3 Å². The van der Waals surface area contributed by atoms with Crippen LogP contribution in [0, 0.1) is 17.3 Å². The number of esters is 1. The highest BCUT2D eigenvalue weighted by molar-refractivity contribution is 6.74. The van der Waals surface area contributed by atoms with Gasteiger partial charge in [0.05, 0.1) is 18.6 Å². The lowest BCUT2D eigenvalue weighted by molar-refractivity contribution is -0.158. The van der Waals surface area contributed by atoms with Crippen LogP contribution < -0.4 is 0 Å². The number of ketones is 2. The maximum Gasteiger partial charge on any atom is 0.309 e. The zero-order valence-electron chi connectivity index (χ0n) is 31.1. The van der Waals surface area contributed by atoms with Crippen LogP contribution in [0.5, 0.6) is 0 Å². The Labute approximate surface area is 272 Å². The molecular formula is C36H66O6Si2. The first-order valence-corrected chi connectivity index (χ1v) is 22.0. The third-order valence-electron chi connectivity index (χ3n) is 9.94. The van der Waals surface area contributed by atoms with Gasteiger partial charge in [0.1, 0.15) is 5.78 Å². The number of allylic oxidation sites excluding steroid dienone is 2. The normalized spacial score (nSPS) is 17.2. The number of rotatable bonds is 18. The van der Waals surface area contributed by atoms with E-state index in [-0.39, 0.29) is 40.1 Å². The predicted octanol–water partition coefficient (Wildman–Crippen LogP) is 9.62. The van der Waals surface area contributed by atoms with Crippen molar-refractivity contribution in [3.8, 4) is 0 Å². The molecule has 0 aliphatic carbocycles. The molecule has 0 unspecified atom stereocenters. The Balaban J connectivity index is 6.56. The van der Waals surface area contributed by atoms with Crippen LogP contribution in [0.4, 0.5) is 0 Å². The fourth-order valence-corrected chi connectivity index (χ4v) is 7.36. The van der Waals surface area contributed by atoms with Crippen molar-refractivity contribution in [2.45, 2.75) is 157 Å². The summed E-state index contributed by atoms with van der Waals surface area (Å²) in [7, 11) is -4.65. The monoisotopic (exact) mass is 650 g/mol. The molecule has 0 spiro atoms. The van der Waals surface area contributed by atoms with Crippen molar-refractivity contribution >= 4 is 34.2 Å². The van der Waals surface area contributed by atoms with E-state index in [9.17, 15) is 14.4 Å². The van der Waals surface area contributed by atoms with E-state index in [0.717, 1.165) is 5.57 Å². The summed E-state index contributed by atoms with van der Waals surface area (Å²) < 4.78 is 19.5. The van der Waals surface area contributed by atoms with Gasteiger partial charge < -0.3 is 13.6 Å². The van der Waals surface area contributed by atoms with Gasteiger partial charge in [0.15, 0.2) is 28.5 Å². The molecule has 0 aromatic carbocycles. The average molecular weight is 651 g/mol. The molecule has 0 heterocycles. The number of hydrogen-bond donors (Lipinski definition) is 0. The highest BCUT2D eigenvalue weighted by Crippen LogP contribution is 2.43. The van der Waals surface area contributed by atoms with E-state index >= 15 is 0 Å². The fraction of sp³-hybridized carbons (Fsp3) is 0.750. The van der Waals surface area contributed by atoms with E-state index in [1.807, 2.05) is 46.8 Å². The highest BCUT2D eigenvalue weighted by atomic mass is 28.4. The molecular weight excluding hydrogens is 585 g/mol. The summed E-state index contributed by atoms with van der Waals surface area (Å²) in [6.07, 6.45) is 4.39. The Morgan fingerprint density at radius 2 is 1.30 bits per heavy atom. The number of carbonyl (C=O) groups excluding carboxylic acids is 3.